The number of aryl methyl sites for hydroxylation is 2. The Morgan fingerprint density at radius 2 is 1.72 bits per heavy atom. The molecule has 0 saturated heterocycles. The van der Waals surface area contributed by atoms with Gasteiger partial charge in [-0.2, -0.15) is 5.26 Å². The molecule has 5 rings (SSSR count). The lowest BCUT2D eigenvalue weighted by molar-refractivity contribution is -0.660. The van der Waals surface area contributed by atoms with Crippen LogP contribution in [0.15, 0.2) is 77.3 Å². The van der Waals surface area contributed by atoms with E-state index in [0.29, 0.717) is 11.3 Å². The molecule has 0 aliphatic rings. The van der Waals surface area contributed by atoms with Crippen molar-refractivity contribution in [1.82, 2.24) is 4.98 Å². The Morgan fingerprint density at radius 1 is 0.931 bits per heavy atom. The second kappa shape index (κ2) is 6.57. The van der Waals surface area contributed by atoms with Gasteiger partial charge in [0.25, 0.3) is 0 Å². The van der Waals surface area contributed by atoms with Crippen LogP contribution >= 0.6 is 0 Å². The Hall–Kier alpha value is -3.97. The zero-order chi connectivity index (χ0) is 20.0. The fourth-order valence-electron chi connectivity index (χ4n) is 3.80. The molecule has 3 aromatic heterocycles. The number of hydrogen-bond donors (Lipinski definition) is 0. The zero-order valence-corrected chi connectivity index (χ0v) is 16.2. The highest BCUT2D eigenvalue weighted by molar-refractivity contribution is 6.09. The number of nitriles is 1. The SMILES string of the molecule is Cc1ccc2c(oc3nc(-c4ccc(C#N)cc4)ccc32)c1-c1cccc[n+]1C. The van der Waals surface area contributed by atoms with E-state index in [0.717, 1.165) is 44.4 Å². The number of aromatic nitrogens is 2. The van der Waals surface area contributed by atoms with Crippen molar-refractivity contribution in [2.24, 2.45) is 7.05 Å². The van der Waals surface area contributed by atoms with E-state index in [1.165, 1.54) is 0 Å². The summed E-state index contributed by atoms with van der Waals surface area (Å²) in [5.41, 5.74) is 7.23. The number of rotatable bonds is 2. The van der Waals surface area contributed by atoms with Crippen molar-refractivity contribution >= 4 is 22.1 Å². The highest BCUT2D eigenvalue weighted by Gasteiger charge is 2.20. The normalized spacial score (nSPS) is 11.1. The van der Waals surface area contributed by atoms with Crippen molar-refractivity contribution in [2.45, 2.75) is 6.92 Å². The minimum atomic E-state index is 0.618. The number of fused-ring (bicyclic) bond motifs is 3. The number of pyridine rings is 2. The number of nitrogens with zero attached hydrogens (tertiary/aromatic N) is 3. The molecule has 0 radical (unpaired) electrons. The van der Waals surface area contributed by atoms with Gasteiger partial charge in [0.1, 0.15) is 7.05 Å². The van der Waals surface area contributed by atoms with E-state index in [4.69, 9.17) is 14.7 Å². The van der Waals surface area contributed by atoms with Crippen molar-refractivity contribution in [2.75, 3.05) is 0 Å². The van der Waals surface area contributed by atoms with Crippen molar-refractivity contribution in [3.05, 3.63) is 84.1 Å². The molecule has 5 aromatic rings. The third-order valence-corrected chi connectivity index (χ3v) is 5.34. The molecule has 29 heavy (non-hydrogen) atoms. The Morgan fingerprint density at radius 3 is 2.48 bits per heavy atom. The molecule has 138 valence electrons. The zero-order valence-electron chi connectivity index (χ0n) is 16.2. The van der Waals surface area contributed by atoms with Crippen LogP contribution in [0.25, 0.3) is 44.6 Å². The van der Waals surface area contributed by atoms with E-state index in [-0.39, 0.29) is 0 Å². The highest BCUT2D eigenvalue weighted by Crippen LogP contribution is 2.37. The smallest absolute Gasteiger partial charge is 0.227 e. The first-order valence-corrected chi connectivity index (χ1v) is 9.44. The van der Waals surface area contributed by atoms with Crippen LogP contribution in [0.3, 0.4) is 0 Å². The molecule has 2 aromatic carbocycles. The van der Waals surface area contributed by atoms with Crippen molar-refractivity contribution in [3.8, 4) is 28.6 Å². The predicted molar refractivity (Wildman–Crippen MR) is 113 cm³/mol. The Bertz CT molecular complexity index is 1420. The summed E-state index contributed by atoms with van der Waals surface area (Å²) in [6.45, 7) is 2.10. The summed E-state index contributed by atoms with van der Waals surface area (Å²) in [4.78, 5) is 4.77. The molecule has 0 atom stereocenters. The van der Waals surface area contributed by atoms with Crippen LogP contribution in [0.2, 0.25) is 0 Å². The quantitative estimate of drug-likeness (QED) is 0.392. The van der Waals surface area contributed by atoms with Crippen LogP contribution in [-0.2, 0) is 7.05 Å². The molecule has 0 aliphatic heterocycles. The first kappa shape index (κ1) is 17.2. The van der Waals surface area contributed by atoms with Crippen LogP contribution < -0.4 is 4.57 Å². The van der Waals surface area contributed by atoms with Crippen molar-refractivity contribution in [1.29, 1.82) is 5.26 Å². The van der Waals surface area contributed by atoms with E-state index in [1.54, 1.807) is 12.1 Å². The first-order valence-electron chi connectivity index (χ1n) is 9.44. The van der Waals surface area contributed by atoms with Gasteiger partial charge in [0.05, 0.1) is 22.9 Å². The molecule has 0 aliphatic carbocycles. The summed E-state index contributed by atoms with van der Waals surface area (Å²) in [5, 5.41) is 11.1. The summed E-state index contributed by atoms with van der Waals surface area (Å²) >= 11 is 0. The third-order valence-electron chi connectivity index (χ3n) is 5.34. The average Bonchev–Trinajstić information content (AvgIpc) is 3.12. The molecule has 0 fully saturated rings. The van der Waals surface area contributed by atoms with E-state index >= 15 is 0 Å². The van der Waals surface area contributed by atoms with E-state index in [9.17, 15) is 0 Å². The molecule has 3 heterocycles. The van der Waals surface area contributed by atoms with E-state index < -0.39 is 0 Å². The summed E-state index contributed by atoms with van der Waals surface area (Å²) in [7, 11) is 2.04. The number of hydrogen-bond acceptors (Lipinski definition) is 3. The molecular weight excluding hydrogens is 358 g/mol. The maximum atomic E-state index is 9.00. The fourth-order valence-corrected chi connectivity index (χ4v) is 3.80. The maximum absolute atomic E-state index is 9.00. The van der Waals surface area contributed by atoms with E-state index in [2.05, 4.69) is 41.8 Å². The highest BCUT2D eigenvalue weighted by atomic mass is 16.3. The molecule has 0 unspecified atom stereocenters. The Kier molecular flexibility index (Phi) is 3.89. The lowest BCUT2D eigenvalue weighted by Gasteiger charge is -2.04. The van der Waals surface area contributed by atoms with Gasteiger partial charge in [0.15, 0.2) is 11.8 Å². The van der Waals surface area contributed by atoms with Gasteiger partial charge in [-0.05, 0) is 42.8 Å². The Labute approximate surface area is 168 Å². The van der Waals surface area contributed by atoms with Crippen LogP contribution in [0, 0.1) is 18.3 Å². The summed E-state index contributed by atoms with van der Waals surface area (Å²) in [6.07, 6.45) is 2.04. The van der Waals surface area contributed by atoms with Gasteiger partial charge in [-0.1, -0.05) is 24.3 Å². The van der Waals surface area contributed by atoms with Gasteiger partial charge >= 0.3 is 0 Å². The lowest BCUT2D eigenvalue weighted by Crippen LogP contribution is -2.30. The molecule has 0 amide bonds. The van der Waals surface area contributed by atoms with Gasteiger partial charge in [0.2, 0.25) is 11.4 Å². The largest absolute Gasteiger partial charge is 0.437 e. The molecular formula is C25H18N3O+. The van der Waals surface area contributed by atoms with Gasteiger partial charge < -0.3 is 4.42 Å². The molecule has 0 spiro atoms. The molecule has 0 bridgehead atoms. The second-order valence-electron chi connectivity index (χ2n) is 7.17. The van der Waals surface area contributed by atoms with Gasteiger partial charge in [-0.25, -0.2) is 9.55 Å². The number of benzene rings is 2. The van der Waals surface area contributed by atoms with Crippen molar-refractivity contribution in [3.63, 3.8) is 0 Å². The monoisotopic (exact) mass is 376 g/mol. The number of furan rings is 1. The minimum absolute atomic E-state index is 0.618. The van der Waals surface area contributed by atoms with E-state index in [1.807, 2.05) is 43.6 Å². The van der Waals surface area contributed by atoms with Crippen LogP contribution in [0.1, 0.15) is 11.1 Å². The third kappa shape index (κ3) is 2.76. The Balaban J connectivity index is 1.74. The van der Waals surface area contributed by atoms with Crippen LogP contribution in [-0.4, -0.2) is 4.98 Å². The van der Waals surface area contributed by atoms with Gasteiger partial charge in [-0.3, -0.25) is 0 Å². The summed E-state index contributed by atoms with van der Waals surface area (Å²) < 4.78 is 8.41. The summed E-state index contributed by atoms with van der Waals surface area (Å²) in [6, 6.07) is 24.0. The average molecular weight is 376 g/mol. The lowest BCUT2D eigenvalue weighted by atomic mass is 10.0. The second-order valence-corrected chi connectivity index (χ2v) is 7.17. The minimum Gasteiger partial charge on any atom is -0.437 e. The fraction of sp³-hybridized carbons (Fsp3) is 0.0800. The topological polar surface area (TPSA) is 53.7 Å². The first-order chi connectivity index (χ1) is 14.2. The molecule has 0 saturated carbocycles. The maximum Gasteiger partial charge on any atom is 0.227 e. The summed E-state index contributed by atoms with van der Waals surface area (Å²) in [5.74, 6) is 0. The van der Waals surface area contributed by atoms with Gasteiger partial charge in [0, 0.05) is 28.5 Å². The standard InChI is InChI=1S/C25H18N3O/c1-16-6-11-19-20-12-13-21(18-9-7-17(15-26)8-10-18)27-25(20)29-24(19)23(16)22-5-3-4-14-28(22)2/h3-14H,1-2H3/q+1. The molecule has 0 N–H and O–H groups in total. The predicted octanol–water partition coefficient (Wildman–Crippen LogP) is 5.32. The van der Waals surface area contributed by atoms with Crippen LogP contribution in [0.4, 0.5) is 0 Å². The molecule has 4 nitrogen and oxygen atoms in total. The van der Waals surface area contributed by atoms with Crippen LogP contribution in [0.5, 0.6) is 0 Å². The molecule has 4 heteroatoms. The van der Waals surface area contributed by atoms with Gasteiger partial charge in [-0.15, -0.1) is 0 Å². The van der Waals surface area contributed by atoms with Crippen molar-refractivity contribution < 1.29 is 8.98 Å².